The van der Waals surface area contributed by atoms with Crippen LogP contribution in [0.1, 0.15) is 36.5 Å². The van der Waals surface area contributed by atoms with Crippen LogP contribution in [0.15, 0.2) is 18.2 Å². The first-order valence-electron chi connectivity index (χ1n) is 7.15. The zero-order valence-corrected chi connectivity index (χ0v) is 12.6. The van der Waals surface area contributed by atoms with Gasteiger partial charge in [-0.3, -0.25) is 9.69 Å². The number of benzene rings is 1. The smallest absolute Gasteiger partial charge is 0.252 e. The van der Waals surface area contributed by atoms with Gasteiger partial charge in [-0.05, 0) is 51.1 Å². The first-order valence-corrected chi connectivity index (χ1v) is 7.53. The summed E-state index contributed by atoms with van der Waals surface area (Å²) in [5.74, 6) is -0.140. The van der Waals surface area contributed by atoms with Crippen LogP contribution in [0.5, 0.6) is 0 Å². The highest BCUT2D eigenvalue weighted by molar-refractivity contribution is 6.34. The van der Waals surface area contributed by atoms with Crippen LogP contribution >= 0.6 is 11.6 Å². The minimum Gasteiger partial charge on any atom is -0.399 e. The first kappa shape index (κ1) is 15.1. The van der Waals surface area contributed by atoms with Crippen LogP contribution in [0.3, 0.4) is 0 Å². The predicted molar refractivity (Wildman–Crippen MR) is 83.1 cm³/mol. The van der Waals surface area contributed by atoms with Gasteiger partial charge in [-0.25, -0.2) is 0 Å². The summed E-state index contributed by atoms with van der Waals surface area (Å²) >= 11 is 6.04. The maximum absolute atomic E-state index is 12.1. The lowest BCUT2D eigenvalue weighted by molar-refractivity contribution is 0.0930. The molecule has 1 aromatic rings. The van der Waals surface area contributed by atoms with Crippen LogP contribution in [-0.4, -0.2) is 36.5 Å². The van der Waals surface area contributed by atoms with Gasteiger partial charge in [-0.2, -0.15) is 0 Å². The molecular formula is C15H22ClN3O. The van der Waals surface area contributed by atoms with E-state index < -0.39 is 0 Å². The molecule has 5 heteroatoms. The van der Waals surface area contributed by atoms with Gasteiger partial charge < -0.3 is 11.1 Å². The SMILES string of the molecule is CC(CNC(=O)c1ccc(N)cc1Cl)N1CCCCC1. The maximum atomic E-state index is 12.1. The zero-order valence-electron chi connectivity index (χ0n) is 11.9. The van der Waals surface area contributed by atoms with Crippen LogP contribution in [-0.2, 0) is 0 Å². The van der Waals surface area contributed by atoms with Crippen molar-refractivity contribution in [2.45, 2.75) is 32.2 Å². The molecule has 1 saturated heterocycles. The molecule has 1 atom stereocenters. The Morgan fingerprint density at radius 1 is 1.40 bits per heavy atom. The Morgan fingerprint density at radius 3 is 2.75 bits per heavy atom. The number of amides is 1. The summed E-state index contributed by atoms with van der Waals surface area (Å²) in [4.78, 5) is 14.5. The predicted octanol–water partition coefficient (Wildman–Crippen LogP) is 2.53. The number of likely N-dealkylation sites (tertiary alicyclic amines) is 1. The Hall–Kier alpha value is -1.26. The van der Waals surface area contributed by atoms with E-state index in [1.807, 2.05) is 0 Å². The van der Waals surface area contributed by atoms with Gasteiger partial charge in [-0.15, -0.1) is 0 Å². The molecule has 110 valence electrons. The number of nitrogens with one attached hydrogen (secondary N) is 1. The van der Waals surface area contributed by atoms with Crippen LogP contribution in [0.2, 0.25) is 5.02 Å². The van der Waals surface area contributed by atoms with Gasteiger partial charge >= 0.3 is 0 Å². The molecule has 0 saturated carbocycles. The molecule has 0 aliphatic carbocycles. The van der Waals surface area contributed by atoms with Gasteiger partial charge in [0.2, 0.25) is 0 Å². The van der Waals surface area contributed by atoms with Gasteiger partial charge in [-0.1, -0.05) is 18.0 Å². The number of halogens is 1. The number of rotatable bonds is 4. The van der Waals surface area contributed by atoms with Crippen LogP contribution in [0.25, 0.3) is 0 Å². The lowest BCUT2D eigenvalue weighted by Crippen LogP contribution is -2.44. The summed E-state index contributed by atoms with van der Waals surface area (Å²) in [6.45, 7) is 5.04. The van der Waals surface area contributed by atoms with Crippen molar-refractivity contribution in [1.29, 1.82) is 0 Å². The molecular weight excluding hydrogens is 274 g/mol. The number of piperidine rings is 1. The first-order chi connectivity index (χ1) is 9.58. The number of anilines is 1. The van der Waals surface area contributed by atoms with Crippen molar-refractivity contribution in [2.24, 2.45) is 0 Å². The Bertz CT molecular complexity index is 472. The third-order valence-corrected chi connectivity index (χ3v) is 4.12. The Balaban J connectivity index is 1.88. The second-order valence-electron chi connectivity index (χ2n) is 5.39. The molecule has 1 heterocycles. The number of nitrogen functional groups attached to an aromatic ring is 1. The molecule has 1 aromatic carbocycles. The Labute approximate surface area is 125 Å². The van der Waals surface area contributed by atoms with Gasteiger partial charge in [0.05, 0.1) is 10.6 Å². The highest BCUT2D eigenvalue weighted by Crippen LogP contribution is 2.19. The lowest BCUT2D eigenvalue weighted by atomic mass is 10.1. The molecule has 1 amide bonds. The van der Waals surface area contributed by atoms with E-state index in [1.54, 1.807) is 18.2 Å². The Kier molecular flexibility index (Phi) is 5.26. The fraction of sp³-hybridized carbons (Fsp3) is 0.533. The summed E-state index contributed by atoms with van der Waals surface area (Å²) in [5.41, 5.74) is 6.67. The fourth-order valence-corrected chi connectivity index (χ4v) is 2.81. The molecule has 1 unspecified atom stereocenters. The number of nitrogens with zero attached hydrogens (tertiary/aromatic N) is 1. The van der Waals surface area contributed by atoms with Crippen molar-refractivity contribution in [3.8, 4) is 0 Å². The van der Waals surface area contributed by atoms with Gasteiger partial charge in [0.25, 0.3) is 5.91 Å². The van der Waals surface area contributed by atoms with E-state index in [2.05, 4.69) is 17.1 Å². The van der Waals surface area contributed by atoms with E-state index in [0.29, 0.717) is 28.9 Å². The number of carbonyl (C=O) groups excluding carboxylic acids is 1. The number of hydrogen-bond donors (Lipinski definition) is 2. The second kappa shape index (κ2) is 6.95. The molecule has 1 aliphatic heterocycles. The average molecular weight is 296 g/mol. The molecule has 3 N–H and O–H groups in total. The molecule has 0 aromatic heterocycles. The third-order valence-electron chi connectivity index (χ3n) is 3.81. The maximum Gasteiger partial charge on any atom is 0.252 e. The molecule has 0 spiro atoms. The minimum absolute atomic E-state index is 0.140. The highest BCUT2D eigenvalue weighted by Gasteiger charge is 2.18. The van der Waals surface area contributed by atoms with Crippen LogP contribution in [0.4, 0.5) is 5.69 Å². The highest BCUT2D eigenvalue weighted by atomic mass is 35.5. The zero-order chi connectivity index (χ0) is 14.5. The average Bonchev–Trinajstić information content (AvgIpc) is 2.45. The van der Waals surface area contributed by atoms with E-state index in [9.17, 15) is 4.79 Å². The van der Waals surface area contributed by atoms with Crippen LogP contribution in [0, 0.1) is 0 Å². The van der Waals surface area contributed by atoms with Crippen molar-refractivity contribution in [3.63, 3.8) is 0 Å². The quantitative estimate of drug-likeness (QED) is 0.839. The summed E-state index contributed by atoms with van der Waals surface area (Å²) in [5, 5.41) is 3.35. The third kappa shape index (κ3) is 3.87. The van der Waals surface area contributed by atoms with E-state index >= 15 is 0 Å². The van der Waals surface area contributed by atoms with Gasteiger partial charge in [0.15, 0.2) is 0 Å². The van der Waals surface area contributed by atoms with E-state index in [1.165, 1.54) is 19.3 Å². The summed E-state index contributed by atoms with van der Waals surface area (Å²) in [6.07, 6.45) is 3.82. The molecule has 1 fully saturated rings. The lowest BCUT2D eigenvalue weighted by Gasteiger charge is -2.32. The number of hydrogen-bond acceptors (Lipinski definition) is 3. The summed E-state index contributed by atoms with van der Waals surface area (Å²) < 4.78 is 0. The molecule has 0 radical (unpaired) electrons. The van der Waals surface area contributed by atoms with Crippen molar-refractivity contribution in [1.82, 2.24) is 10.2 Å². The van der Waals surface area contributed by atoms with Crippen LogP contribution < -0.4 is 11.1 Å². The molecule has 2 rings (SSSR count). The largest absolute Gasteiger partial charge is 0.399 e. The van der Waals surface area contributed by atoms with Crippen molar-refractivity contribution in [3.05, 3.63) is 28.8 Å². The van der Waals surface area contributed by atoms with Crippen molar-refractivity contribution < 1.29 is 4.79 Å². The summed E-state index contributed by atoms with van der Waals surface area (Å²) in [6, 6.07) is 5.31. The molecule has 0 bridgehead atoms. The standard InChI is InChI=1S/C15H22ClN3O/c1-11(19-7-3-2-4-8-19)10-18-15(20)13-6-5-12(17)9-14(13)16/h5-6,9,11H,2-4,7-8,10,17H2,1H3,(H,18,20). The monoisotopic (exact) mass is 295 g/mol. The number of nitrogens with two attached hydrogens (primary N) is 1. The van der Waals surface area contributed by atoms with E-state index in [4.69, 9.17) is 17.3 Å². The van der Waals surface area contributed by atoms with Crippen molar-refractivity contribution in [2.75, 3.05) is 25.4 Å². The molecule has 4 nitrogen and oxygen atoms in total. The Morgan fingerprint density at radius 2 is 2.10 bits per heavy atom. The summed E-state index contributed by atoms with van der Waals surface area (Å²) in [7, 11) is 0. The molecule has 20 heavy (non-hydrogen) atoms. The number of carbonyl (C=O) groups is 1. The topological polar surface area (TPSA) is 58.4 Å². The molecule has 1 aliphatic rings. The van der Waals surface area contributed by atoms with Crippen molar-refractivity contribution >= 4 is 23.2 Å². The fourth-order valence-electron chi connectivity index (χ4n) is 2.54. The van der Waals surface area contributed by atoms with Gasteiger partial charge in [0.1, 0.15) is 0 Å². The van der Waals surface area contributed by atoms with Gasteiger partial charge in [0, 0.05) is 18.3 Å². The van der Waals surface area contributed by atoms with E-state index in [0.717, 1.165) is 13.1 Å². The van der Waals surface area contributed by atoms with E-state index in [-0.39, 0.29) is 5.91 Å². The normalized spacial score (nSPS) is 17.7. The second-order valence-corrected chi connectivity index (χ2v) is 5.80. The minimum atomic E-state index is -0.140.